The van der Waals surface area contributed by atoms with Crippen LogP contribution in [0, 0.1) is 6.92 Å². The molecule has 2 aromatic rings. The summed E-state index contributed by atoms with van der Waals surface area (Å²) in [5.74, 6) is 1.47. The summed E-state index contributed by atoms with van der Waals surface area (Å²) in [5.41, 5.74) is 0.742. The van der Waals surface area contributed by atoms with Crippen molar-refractivity contribution in [1.82, 2.24) is 5.32 Å². The molecule has 11 heteroatoms. The standard InChI is InChI=1S/C27H39NO9S/c1-9-34-22-16-19(23(35-10-2)25(33-8)24(22)32-7)15-20(28-26(29)37-27(4,5)6)17-36-38(30,31)21-13-11-18(3)12-14-21/h11-14,16,20H,9-10,15,17H2,1-8H3,(H,28,29)/t20-/m1/s1. The molecule has 0 aliphatic carbocycles. The van der Waals surface area contributed by atoms with Crippen molar-refractivity contribution < 1.29 is 41.1 Å². The molecule has 0 unspecified atom stereocenters. The molecule has 38 heavy (non-hydrogen) atoms. The minimum absolute atomic E-state index is 0.0128. The van der Waals surface area contributed by atoms with E-state index in [0.717, 1.165) is 5.56 Å². The third kappa shape index (κ3) is 8.70. The van der Waals surface area contributed by atoms with Crippen molar-refractivity contribution >= 4 is 16.2 Å². The maximum absolute atomic E-state index is 12.9. The van der Waals surface area contributed by atoms with Gasteiger partial charge in [-0.3, -0.25) is 4.18 Å². The minimum Gasteiger partial charge on any atom is -0.490 e. The number of hydrogen-bond acceptors (Lipinski definition) is 9. The summed E-state index contributed by atoms with van der Waals surface area (Å²) in [4.78, 5) is 12.7. The average molecular weight is 554 g/mol. The fourth-order valence-electron chi connectivity index (χ4n) is 3.58. The number of rotatable bonds is 13. The number of amides is 1. The number of nitrogens with one attached hydrogen (secondary N) is 1. The van der Waals surface area contributed by atoms with E-state index in [2.05, 4.69) is 5.32 Å². The molecule has 212 valence electrons. The summed E-state index contributed by atoms with van der Waals surface area (Å²) in [6.07, 6.45) is -0.611. The van der Waals surface area contributed by atoms with Crippen LogP contribution in [0.15, 0.2) is 35.2 Å². The van der Waals surface area contributed by atoms with Crippen molar-refractivity contribution in [3.8, 4) is 23.0 Å². The monoisotopic (exact) mass is 553 g/mol. The lowest BCUT2D eigenvalue weighted by Gasteiger charge is -2.25. The minimum atomic E-state index is -4.09. The maximum Gasteiger partial charge on any atom is 0.407 e. The van der Waals surface area contributed by atoms with Gasteiger partial charge in [0.15, 0.2) is 11.5 Å². The zero-order valence-corrected chi connectivity index (χ0v) is 24.2. The van der Waals surface area contributed by atoms with Gasteiger partial charge in [-0.2, -0.15) is 8.42 Å². The first-order chi connectivity index (χ1) is 17.8. The number of carbonyl (C=O) groups excluding carboxylic acids is 1. The Morgan fingerprint density at radius 1 is 0.947 bits per heavy atom. The van der Waals surface area contributed by atoms with E-state index in [4.69, 9.17) is 27.9 Å². The first-order valence-electron chi connectivity index (χ1n) is 12.3. The van der Waals surface area contributed by atoms with Gasteiger partial charge >= 0.3 is 6.09 Å². The Kier molecular flexibility index (Phi) is 11.1. The Balaban J connectivity index is 2.46. The van der Waals surface area contributed by atoms with Crippen molar-refractivity contribution in [2.24, 2.45) is 0 Å². The Morgan fingerprint density at radius 2 is 1.55 bits per heavy atom. The predicted octanol–water partition coefficient (Wildman–Crippen LogP) is 4.65. The zero-order valence-electron chi connectivity index (χ0n) is 23.4. The van der Waals surface area contributed by atoms with E-state index in [9.17, 15) is 13.2 Å². The second-order valence-electron chi connectivity index (χ2n) is 9.39. The molecule has 2 aromatic carbocycles. The van der Waals surface area contributed by atoms with Crippen LogP contribution in [0.25, 0.3) is 0 Å². The molecule has 0 bridgehead atoms. The van der Waals surface area contributed by atoms with Crippen molar-refractivity contribution in [3.63, 3.8) is 0 Å². The summed E-state index contributed by atoms with van der Waals surface area (Å²) < 4.78 is 59.2. The lowest BCUT2D eigenvalue weighted by atomic mass is 10.0. The molecule has 0 spiro atoms. The van der Waals surface area contributed by atoms with E-state index in [1.165, 1.54) is 26.4 Å². The van der Waals surface area contributed by atoms with Crippen LogP contribution in [0.1, 0.15) is 45.7 Å². The van der Waals surface area contributed by atoms with Crippen molar-refractivity contribution in [2.45, 2.75) is 64.5 Å². The third-order valence-corrected chi connectivity index (χ3v) is 6.45. The van der Waals surface area contributed by atoms with E-state index in [1.54, 1.807) is 39.0 Å². The quantitative estimate of drug-likeness (QED) is 0.354. The Bertz CT molecular complexity index is 1170. The lowest BCUT2D eigenvalue weighted by Crippen LogP contribution is -2.43. The topological polar surface area (TPSA) is 119 Å². The Labute approximate surface area is 225 Å². The SMILES string of the molecule is CCOc1cc(C[C@H](COS(=O)(=O)c2ccc(C)cc2)NC(=O)OC(C)(C)C)c(OCC)c(OC)c1OC. The fraction of sp³-hybridized carbons (Fsp3) is 0.519. The smallest absolute Gasteiger partial charge is 0.407 e. The van der Waals surface area contributed by atoms with Gasteiger partial charge in [0.1, 0.15) is 5.60 Å². The van der Waals surface area contributed by atoms with E-state index in [1.807, 2.05) is 20.8 Å². The molecule has 0 radical (unpaired) electrons. The Hall–Kier alpha value is -3.18. The average Bonchev–Trinajstić information content (AvgIpc) is 2.83. The molecule has 0 aromatic heterocycles. The van der Waals surface area contributed by atoms with Crippen molar-refractivity contribution in [2.75, 3.05) is 34.0 Å². The fourth-order valence-corrected chi connectivity index (χ4v) is 4.53. The van der Waals surface area contributed by atoms with Crippen LogP contribution < -0.4 is 24.3 Å². The van der Waals surface area contributed by atoms with E-state index < -0.39 is 27.9 Å². The van der Waals surface area contributed by atoms with Crippen molar-refractivity contribution in [3.05, 3.63) is 41.5 Å². The highest BCUT2D eigenvalue weighted by atomic mass is 32.2. The van der Waals surface area contributed by atoms with Crippen LogP contribution in [-0.2, 0) is 25.5 Å². The number of aryl methyl sites for hydroxylation is 1. The molecular formula is C27H39NO9S. The second kappa shape index (κ2) is 13.6. The predicted molar refractivity (Wildman–Crippen MR) is 143 cm³/mol. The molecule has 1 amide bonds. The first-order valence-corrected chi connectivity index (χ1v) is 13.7. The van der Waals surface area contributed by atoms with Gasteiger partial charge in [0, 0.05) is 5.56 Å². The molecule has 1 atom stereocenters. The highest BCUT2D eigenvalue weighted by Gasteiger charge is 2.27. The van der Waals surface area contributed by atoms with Crippen LogP contribution in [0.3, 0.4) is 0 Å². The molecule has 0 saturated heterocycles. The molecular weight excluding hydrogens is 514 g/mol. The van der Waals surface area contributed by atoms with Crippen LogP contribution >= 0.6 is 0 Å². The highest BCUT2D eigenvalue weighted by Crippen LogP contribution is 2.47. The van der Waals surface area contributed by atoms with Gasteiger partial charge in [-0.15, -0.1) is 0 Å². The van der Waals surface area contributed by atoms with Gasteiger partial charge in [-0.05, 0) is 66.2 Å². The van der Waals surface area contributed by atoms with E-state index >= 15 is 0 Å². The molecule has 0 aliphatic heterocycles. The van der Waals surface area contributed by atoms with Gasteiger partial charge in [0.2, 0.25) is 11.5 Å². The van der Waals surface area contributed by atoms with E-state index in [-0.39, 0.29) is 17.9 Å². The van der Waals surface area contributed by atoms with Crippen LogP contribution in [0.4, 0.5) is 4.79 Å². The summed E-state index contributed by atoms with van der Waals surface area (Å²) in [6.45, 7) is 11.0. The zero-order chi connectivity index (χ0) is 28.5. The Morgan fingerprint density at radius 3 is 2.08 bits per heavy atom. The van der Waals surface area contributed by atoms with Crippen LogP contribution in [0.5, 0.6) is 23.0 Å². The molecule has 0 fully saturated rings. The molecule has 2 rings (SSSR count). The molecule has 0 aliphatic rings. The molecule has 0 saturated carbocycles. The number of carbonyl (C=O) groups is 1. The maximum atomic E-state index is 12.9. The van der Waals surface area contributed by atoms with Gasteiger partial charge in [-0.1, -0.05) is 17.7 Å². The summed E-state index contributed by atoms with van der Waals surface area (Å²) >= 11 is 0. The van der Waals surface area contributed by atoms with Gasteiger partial charge in [0.05, 0.1) is 45.0 Å². The van der Waals surface area contributed by atoms with Gasteiger partial charge in [-0.25, -0.2) is 4.79 Å². The number of hydrogen-bond donors (Lipinski definition) is 1. The van der Waals surface area contributed by atoms with Gasteiger partial charge in [0.25, 0.3) is 10.1 Å². The third-order valence-electron chi connectivity index (χ3n) is 5.15. The van der Waals surface area contributed by atoms with Gasteiger partial charge < -0.3 is 29.0 Å². The second-order valence-corrected chi connectivity index (χ2v) is 11.0. The summed E-state index contributed by atoms with van der Waals surface area (Å²) in [6, 6.07) is 7.19. The van der Waals surface area contributed by atoms with Crippen molar-refractivity contribution in [1.29, 1.82) is 0 Å². The molecule has 0 heterocycles. The number of methoxy groups -OCH3 is 2. The first kappa shape index (κ1) is 31.0. The lowest BCUT2D eigenvalue weighted by molar-refractivity contribution is 0.0488. The number of benzene rings is 2. The normalized spacial score (nSPS) is 12.4. The van der Waals surface area contributed by atoms with E-state index in [0.29, 0.717) is 41.8 Å². The number of ether oxygens (including phenoxy) is 5. The number of alkyl carbamates (subject to hydrolysis) is 1. The molecule has 1 N–H and O–H groups in total. The molecule has 10 nitrogen and oxygen atoms in total. The van der Waals surface area contributed by atoms with Crippen LogP contribution in [0.2, 0.25) is 0 Å². The summed E-state index contributed by atoms with van der Waals surface area (Å²) in [5, 5.41) is 2.72. The largest absolute Gasteiger partial charge is 0.490 e. The highest BCUT2D eigenvalue weighted by molar-refractivity contribution is 7.86. The summed E-state index contributed by atoms with van der Waals surface area (Å²) in [7, 11) is -1.12. The van der Waals surface area contributed by atoms with Crippen LogP contribution in [-0.4, -0.2) is 60.2 Å².